The van der Waals surface area contributed by atoms with E-state index < -0.39 is 0 Å². The minimum Gasteiger partial charge on any atom is -0.494 e. The molecule has 0 saturated heterocycles. The standard InChI is InChI=1S/C26H29N3O3S/c1-4-5-14-31-21-11-9-20(10-12-21)24-27-26-29(28-24)25(30)23(33-26)17-19-7-6-8-22(16-19)32-15-13-18(2)3/h6-12,16-18H,4-5,13-15H2,1-3H3. The molecule has 0 fully saturated rings. The largest absolute Gasteiger partial charge is 0.494 e. The molecular formula is C26H29N3O3S. The summed E-state index contributed by atoms with van der Waals surface area (Å²) in [6, 6.07) is 15.4. The topological polar surface area (TPSA) is 65.7 Å². The van der Waals surface area contributed by atoms with Gasteiger partial charge in [0.15, 0.2) is 5.82 Å². The zero-order valence-electron chi connectivity index (χ0n) is 19.3. The van der Waals surface area contributed by atoms with E-state index in [0.717, 1.165) is 41.9 Å². The molecule has 0 bridgehead atoms. The van der Waals surface area contributed by atoms with Gasteiger partial charge in [-0.3, -0.25) is 4.79 Å². The molecule has 0 radical (unpaired) electrons. The van der Waals surface area contributed by atoms with E-state index in [-0.39, 0.29) is 5.56 Å². The molecule has 172 valence electrons. The molecule has 0 amide bonds. The molecule has 0 saturated carbocycles. The number of fused-ring (bicyclic) bond motifs is 1. The molecule has 0 aliphatic carbocycles. The molecule has 4 rings (SSSR count). The normalized spacial score (nSPS) is 12.1. The van der Waals surface area contributed by atoms with Crippen LogP contribution in [0.3, 0.4) is 0 Å². The molecule has 0 N–H and O–H groups in total. The second kappa shape index (κ2) is 10.6. The first-order valence-electron chi connectivity index (χ1n) is 11.4. The molecule has 0 aliphatic rings. The number of nitrogens with zero attached hydrogens (tertiary/aromatic N) is 3. The minimum atomic E-state index is -0.167. The van der Waals surface area contributed by atoms with Gasteiger partial charge >= 0.3 is 0 Å². The summed E-state index contributed by atoms with van der Waals surface area (Å²) < 4.78 is 13.5. The van der Waals surface area contributed by atoms with E-state index in [2.05, 4.69) is 30.9 Å². The third-order valence-electron chi connectivity index (χ3n) is 5.18. The number of benzene rings is 2. The molecular weight excluding hydrogens is 434 g/mol. The van der Waals surface area contributed by atoms with Crippen LogP contribution in [0.5, 0.6) is 11.5 Å². The van der Waals surface area contributed by atoms with Crippen molar-refractivity contribution in [2.75, 3.05) is 13.2 Å². The summed E-state index contributed by atoms with van der Waals surface area (Å²) in [4.78, 5) is 18.0. The Morgan fingerprint density at radius 3 is 2.58 bits per heavy atom. The third-order valence-corrected chi connectivity index (χ3v) is 6.14. The van der Waals surface area contributed by atoms with Gasteiger partial charge in [-0.25, -0.2) is 0 Å². The quantitative estimate of drug-likeness (QED) is 0.311. The fraction of sp³-hybridized carbons (Fsp3) is 0.346. The maximum atomic E-state index is 12.9. The summed E-state index contributed by atoms with van der Waals surface area (Å²) in [5.74, 6) is 2.76. The van der Waals surface area contributed by atoms with E-state index in [1.165, 1.54) is 15.9 Å². The summed E-state index contributed by atoms with van der Waals surface area (Å²) >= 11 is 1.33. The Kier molecular flexibility index (Phi) is 7.40. The van der Waals surface area contributed by atoms with Crippen molar-refractivity contribution in [3.8, 4) is 22.9 Å². The van der Waals surface area contributed by atoms with Crippen LogP contribution in [0.1, 0.15) is 45.6 Å². The average Bonchev–Trinajstić information content (AvgIpc) is 3.34. The summed E-state index contributed by atoms with van der Waals surface area (Å²) in [6.45, 7) is 7.87. The molecule has 2 heterocycles. The lowest BCUT2D eigenvalue weighted by Crippen LogP contribution is -2.23. The van der Waals surface area contributed by atoms with E-state index in [4.69, 9.17) is 9.47 Å². The van der Waals surface area contributed by atoms with Crippen LogP contribution < -0.4 is 19.6 Å². The molecule has 4 aromatic rings. The number of aromatic nitrogens is 3. The number of hydrogen-bond donors (Lipinski definition) is 0. The Labute approximate surface area is 197 Å². The highest BCUT2D eigenvalue weighted by Gasteiger charge is 2.12. The van der Waals surface area contributed by atoms with Crippen molar-refractivity contribution in [3.63, 3.8) is 0 Å². The molecule has 7 heteroatoms. The van der Waals surface area contributed by atoms with Crippen molar-refractivity contribution in [1.82, 2.24) is 14.6 Å². The maximum Gasteiger partial charge on any atom is 0.291 e. The Bertz CT molecular complexity index is 1310. The lowest BCUT2D eigenvalue weighted by molar-refractivity contribution is 0.289. The molecule has 33 heavy (non-hydrogen) atoms. The summed E-state index contributed by atoms with van der Waals surface area (Å²) in [7, 11) is 0. The number of ether oxygens (including phenoxy) is 2. The van der Waals surface area contributed by atoms with Gasteiger partial charge in [-0.15, -0.1) is 5.10 Å². The van der Waals surface area contributed by atoms with Crippen LogP contribution in [-0.4, -0.2) is 27.8 Å². The fourth-order valence-electron chi connectivity index (χ4n) is 3.25. The van der Waals surface area contributed by atoms with Crippen molar-refractivity contribution in [2.45, 2.75) is 40.0 Å². The monoisotopic (exact) mass is 463 g/mol. The number of unbranched alkanes of at least 4 members (excludes halogenated alkanes) is 1. The Morgan fingerprint density at radius 2 is 1.85 bits per heavy atom. The van der Waals surface area contributed by atoms with Crippen LogP contribution in [0.4, 0.5) is 0 Å². The predicted octanol–water partition coefficient (Wildman–Crippen LogP) is 4.97. The highest BCUT2D eigenvalue weighted by atomic mass is 32.1. The minimum absolute atomic E-state index is 0.167. The van der Waals surface area contributed by atoms with Gasteiger partial charge in [0, 0.05) is 5.56 Å². The first-order valence-corrected chi connectivity index (χ1v) is 12.2. The van der Waals surface area contributed by atoms with Crippen LogP contribution in [0.15, 0.2) is 53.3 Å². The highest BCUT2D eigenvalue weighted by molar-refractivity contribution is 7.15. The third kappa shape index (κ3) is 5.79. The second-order valence-electron chi connectivity index (χ2n) is 8.38. The van der Waals surface area contributed by atoms with Crippen molar-refractivity contribution in [3.05, 3.63) is 69.0 Å². The van der Waals surface area contributed by atoms with Gasteiger partial charge in [-0.2, -0.15) is 9.50 Å². The lowest BCUT2D eigenvalue weighted by Gasteiger charge is -2.08. The van der Waals surface area contributed by atoms with Gasteiger partial charge in [0.25, 0.3) is 5.56 Å². The second-order valence-corrected chi connectivity index (χ2v) is 9.38. The summed E-state index contributed by atoms with van der Waals surface area (Å²) in [5.41, 5.74) is 1.60. The smallest absolute Gasteiger partial charge is 0.291 e. The van der Waals surface area contributed by atoms with Gasteiger partial charge in [0.05, 0.1) is 17.7 Å². The average molecular weight is 464 g/mol. The van der Waals surface area contributed by atoms with Crippen LogP contribution in [-0.2, 0) is 0 Å². The van der Waals surface area contributed by atoms with E-state index in [1.807, 2.05) is 54.6 Å². The molecule has 2 aromatic carbocycles. The van der Waals surface area contributed by atoms with E-state index >= 15 is 0 Å². The lowest BCUT2D eigenvalue weighted by atomic mass is 10.1. The number of rotatable bonds is 10. The van der Waals surface area contributed by atoms with E-state index in [1.54, 1.807) is 0 Å². The number of thiazole rings is 1. The maximum absolute atomic E-state index is 12.9. The van der Waals surface area contributed by atoms with Gasteiger partial charge in [-0.1, -0.05) is 50.7 Å². The molecule has 0 atom stereocenters. The number of hydrogen-bond acceptors (Lipinski definition) is 6. The van der Waals surface area contributed by atoms with Crippen molar-refractivity contribution in [2.24, 2.45) is 5.92 Å². The van der Waals surface area contributed by atoms with E-state index in [9.17, 15) is 4.79 Å². The highest BCUT2D eigenvalue weighted by Crippen LogP contribution is 2.21. The van der Waals surface area contributed by atoms with Gasteiger partial charge in [0.2, 0.25) is 4.96 Å². The van der Waals surface area contributed by atoms with E-state index in [0.29, 0.717) is 34.4 Å². The zero-order chi connectivity index (χ0) is 23.2. The van der Waals surface area contributed by atoms with Crippen LogP contribution in [0.2, 0.25) is 0 Å². The van der Waals surface area contributed by atoms with Crippen LogP contribution in [0, 0.1) is 5.92 Å². The van der Waals surface area contributed by atoms with Crippen LogP contribution in [0.25, 0.3) is 22.4 Å². The van der Waals surface area contributed by atoms with Gasteiger partial charge in [0.1, 0.15) is 11.5 Å². The molecule has 0 spiro atoms. The fourth-order valence-corrected chi connectivity index (χ4v) is 4.16. The van der Waals surface area contributed by atoms with Crippen molar-refractivity contribution < 1.29 is 9.47 Å². The van der Waals surface area contributed by atoms with Crippen LogP contribution >= 0.6 is 11.3 Å². The molecule has 0 aliphatic heterocycles. The van der Waals surface area contributed by atoms with Gasteiger partial charge < -0.3 is 9.47 Å². The SMILES string of the molecule is CCCCOc1ccc(-c2nc3sc(=Cc4cccc(OCCC(C)C)c4)c(=O)n3n2)cc1. The van der Waals surface area contributed by atoms with Gasteiger partial charge in [-0.05, 0) is 66.8 Å². The molecule has 2 aromatic heterocycles. The first-order chi connectivity index (χ1) is 16.0. The molecule has 6 nitrogen and oxygen atoms in total. The Morgan fingerprint density at radius 1 is 1.06 bits per heavy atom. The summed E-state index contributed by atoms with van der Waals surface area (Å²) in [5, 5.41) is 4.44. The summed E-state index contributed by atoms with van der Waals surface area (Å²) in [6.07, 6.45) is 4.99. The van der Waals surface area contributed by atoms with Crippen molar-refractivity contribution in [1.29, 1.82) is 0 Å². The predicted molar refractivity (Wildman–Crippen MR) is 133 cm³/mol. The zero-order valence-corrected chi connectivity index (χ0v) is 20.1. The first kappa shape index (κ1) is 23.0. The molecule has 0 unspecified atom stereocenters. The van der Waals surface area contributed by atoms with Crippen molar-refractivity contribution >= 4 is 22.4 Å². The Hall–Kier alpha value is -3.19. The Balaban J connectivity index is 1.52.